The van der Waals surface area contributed by atoms with Crippen molar-refractivity contribution >= 4 is 0 Å². The number of pyridine rings is 2. The van der Waals surface area contributed by atoms with Crippen LogP contribution in [0.1, 0.15) is 47.2 Å². The number of rotatable bonds is 4. The molecule has 4 atom stereocenters. The Morgan fingerprint density at radius 1 is 0.781 bits per heavy atom. The van der Waals surface area contributed by atoms with Gasteiger partial charge in [-0.15, -0.1) is 0 Å². The van der Waals surface area contributed by atoms with Crippen LogP contribution >= 0.6 is 0 Å². The molecule has 0 aliphatic carbocycles. The van der Waals surface area contributed by atoms with Crippen LogP contribution in [0.3, 0.4) is 0 Å². The van der Waals surface area contributed by atoms with Crippen LogP contribution in [-0.4, -0.2) is 47.3 Å². The third-order valence-electron chi connectivity index (χ3n) is 7.95. The molecular weight excluding hydrogens is 402 g/mol. The number of aromatic nitrogens is 2. The zero-order chi connectivity index (χ0) is 21.8. The smallest absolute Gasteiger partial charge is 0.251 e. The fourth-order valence-corrected chi connectivity index (χ4v) is 6.58. The van der Waals surface area contributed by atoms with E-state index in [1.54, 1.807) is 0 Å². The molecule has 6 rings (SSSR count). The molecule has 170 valence electrons. The molecule has 2 unspecified atom stereocenters. The van der Waals surface area contributed by atoms with Gasteiger partial charge in [0.2, 0.25) is 0 Å². The van der Waals surface area contributed by atoms with E-state index in [0.29, 0.717) is 36.8 Å². The molecule has 4 aliphatic heterocycles. The minimum Gasteiger partial charge on any atom is -0.316 e. The van der Waals surface area contributed by atoms with Crippen LogP contribution in [-0.2, 0) is 26.2 Å². The predicted molar refractivity (Wildman–Crippen MR) is 124 cm³/mol. The van der Waals surface area contributed by atoms with Gasteiger partial charge in [0.05, 0.1) is 0 Å². The highest BCUT2D eigenvalue weighted by Gasteiger charge is 2.32. The van der Waals surface area contributed by atoms with Crippen LogP contribution in [0.25, 0.3) is 0 Å². The fourth-order valence-electron chi connectivity index (χ4n) is 6.58. The second kappa shape index (κ2) is 7.97. The molecule has 7 heteroatoms. The van der Waals surface area contributed by atoms with Crippen molar-refractivity contribution in [1.29, 1.82) is 0 Å². The van der Waals surface area contributed by atoms with Crippen molar-refractivity contribution in [3.8, 4) is 0 Å². The fraction of sp³-hybridized carbons (Fsp3) is 0.600. The molecule has 2 fully saturated rings. The average molecular weight is 436 g/mol. The molecule has 4 aliphatic rings. The molecule has 2 aromatic heterocycles. The number of hydrogen-bond donors (Lipinski definition) is 2. The lowest BCUT2D eigenvalue weighted by atomic mass is 9.83. The first-order chi connectivity index (χ1) is 15.5. The summed E-state index contributed by atoms with van der Waals surface area (Å²) in [6.45, 7) is 7.05. The van der Waals surface area contributed by atoms with Crippen molar-refractivity contribution in [1.82, 2.24) is 24.7 Å². The van der Waals surface area contributed by atoms with Gasteiger partial charge >= 0.3 is 0 Å². The molecule has 7 nitrogen and oxygen atoms in total. The summed E-state index contributed by atoms with van der Waals surface area (Å²) in [5.74, 6) is 2.03. The molecule has 2 aromatic rings. The van der Waals surface area contributed by atoms with Gasteiger partial charge in [0.25, 0.3) is 11.1 Å². The Morgan fingerprint density at radius 2 is 1.25 bits per heavy atom. The predicted octanol–water partition coefficient (Wildman–Crippen LogP) is 1.06. The molecule has 6 heterocycles. The molecular formula is C25H33N5O2. The Labute approximate surface area is 188 Å². The third-order valence-corrected chi connectivity index (χ3v) is 7.95. The van der Waals surface area contributed by atoms with Crippen LogP contribution in [0.2, 0.25) is 0 Å². The Hall–Kier alpha value is -2.22. The van der Waals surface area contributed by atoms with Crippen molar-refractivity contribution in [3.63, 3.8) is 0 Å². The van der Waals surface area contributed by atoms with Crippen molar-refractivity contribution in [3.05, 3.63) is 67.5 Å². The highest BCUT2D eigenvalue weighted by molar-refractivity contribution is 5.26. The maximum absolute atomic E-state index is 12.8. The van der Waals surface area contributed by atoms with Gasteiger partial charge in [-0.2, -0.15) is 0 Å². The maximum Gasteiger partial charge on any atom is 0.251 e. The molecule has 0 aromatic carbocycles. The molecule has 2 N–H and O–H groups in total. The van der Waals surface area contributed by atoms with E-state index in [2.05, 4.69) is 34.7 Å². The molecule has 0 spiro atoms. The first-order valence-corrected chi connectivity index (χ1v) is 12.1. The summed E-state index contributed by atoms with van der Waals surface area (Å²) < 4.78 is 4.00. The van der Waals surface area contributed by atoms with Gasteiger partial charge in [0, 0.05) is 74.6 Å². The average Bonchev–Trinajstić information content (AvgIpc) is 2.76. The lowest BCUT2D eigenvalue weighted by Gasteiger charge is -2.38. The van der Waals surface area contributed by atoms with E-state index in [4.69, 9.17) is 0 Å². The summed E-state index contributed by atoms with van der Waals surface area (Å²) in [5, 5.41) is 7.05. The number of piperidine rings is 2. The highest BCUT2D eigenvalue weighted by atomic mass is 16.1. The summed E-state index contributed by atoms with van der Waals surface area (Å²) in [4.78, 5) is 27.9. The quantitative estimate of drug-likeness (QED) is 0.752. The SMILES string of the molecule is CN(Cc1cc2n(c(=O)c1)CC1CNC[C@@H]2C1)Cc1cc2n(c(=O)c1)CC1CNC[C@H]2C1. The minimum absolute atomic E-state index is 0.133. The van der Waals surface area contributed by atoms with Crippen LogP contribution < -0.4 is 21.8 Å². The second-order valence-corrected chi connectivity index (χ2v) is 10.6. The summed E-state index contributed by atoms with van der Waals surface area (Å²) in [6, 6.07) is 8.09. The molecule has 4 bridgehead atoms. The van der Waals surface area contributed by atoms with E-state index in [-0.39, 0.29) is 11.1 Å². The maximum atomic E-state index is 12.8. The zero-order valence-electron chi connectivity index (χ0n) is 18.8. The highest BCUT2D eigenvalue weighted by Crippen LogP contribution is 2.33. The van der Waals surface area contributed by atoms with Crippen LogP contribution in [0.4, 0.5) is 0 Å². The van der Waals surface area contributed by atoms with Crippen molar-refractivity contribution in [2.24, 2.45) is 11.8 Å². The van der Waals surface area contributed by atoms with Gasteiger partial charge in [-0.1, -0.05) is 0 Å². The number of hydrogen-bond acceptors (Lipinski definition) is 5. The monoisotopic (exact) mass is 435 g/mol. The van der Waals surface area contributed by atoms with Crippen molar-refractivity contribution < 1.29 is 0 Å². The Bertz CT molecular complexity index is 1060. The molecule has 2 saturated heterocycles. The zero-order valence-corrected chi connectivity index (χ0v) is 18.8. The molecule has 32 heavy (non-hydrogen) atoms. The van der Waals surface area contributed by atoms with Crippen LogP contribution in [0.5, 0.6) is 0 Å². The van der Waals surface area contributed by atoms with Crippen molar-refractivity contribution in [2.45, 2.75) is 50.9 Å². The molecule has 0 radical (unpaired) electrons. The second-order valence-electron chi connectivity index (χ2n) is 10.6. The summed E-state index contributed by atoms with van der Waals surface area (Å²) in [6.07, 6.45) is 2.36. The number of fused-ring (bicyclic) bond motifs is 8. The molecule has 0 amide bonds. The van der Waals surface area contributed by atoms with E-state index < -0.39 is 0 Å². The standard InChI is InChI=1S/C25H33N5O2/c1-28(12-16-4-22-20-2-18(8-26-10-20)14-29(22)24(31)6-16)13-17-5-23-21-3-19(9-27-11-21)15-30(23)25(32)7-17/h4-7,18-21,26-27H,2-3,8-15H2,1H3/t18?,19?,20-,21+. The Balaban J connectivity index is 1.22. The van der Waals surface area contributed by atoms with Gasteiger partial charge in [-0.3, -0.25) is 14.5 Å². The lowest BCUT2D eigenvalue weighted by Crippen LogP contribution is -2.45. The van der Waals surface area contributed by atoms with Gasteiger partial charge < -0.3 is 19.8 Å². The van der Waals surface area contributed by atoms with E-state index in [0.717, 1.165) is 50.4 Å². The first-order valence-electron chi connectivity index (χ1n) is 12.1. The summed E-state index contributed by atoms with van der Waals surface area (Å²) in [7, 11) is 2.07. The van der Waals surface area contributed by atoms with E-state index in [1.807, 2.05) is 21.3 Å². The van der Waals surface area contributed by atoms with Crippen molar-refractivity contribution in [2.75, 3.05) is 33.2 Å². The summed E-state index contributed by atoms with van der Waals surface area (Å²) >= 11 is 0. The van der Waals surface area contributed by atoms with Gasteiger partial charge in [-0.25, -0.2) is 0 Å². The van der Waals surface area contributed by atoms with E-state index in [1.165, 1.54) is 24.2 Å². The normalized spacial score (nSPS) is 28.3. The minimum atomic E-state index is 0.133. The largest absolute Gasteiger partial charge is 0.316 e. The van der Waals surface area contributed by atoms with Crippen LogP contribution in [0, 0.1) is 11.8 Å². The lowest BCUT2D eigenvalue weighted by molar-refractivity contribution is 0.254. The number of nitrogens with zero attached hydrogens (tertiary/aromatic N) is 3. The topological polar surface area (TPSA) is 71.3 Å². The Morgan fingerprint density at radius 3 is 1.72 bits per heavy atom. The number of nitrogens with one attached hydrogen (secondary N) is 2. The first kappa shape index (κ1) is 20.4. The van der Waals surface area contributed by atoms with E-state index in [9.17, 15) is 9.59 Å². The Kier molecular flexibility index (Phi) is 5.08. The third kappa shape index (κ3) is 3.66. The van der Waals surface area contributed by atoms with Gasteiger partial charge in [0.15, 0.2) is 0 Å². The van der Waals surface area contributed by atoms with Gasteiger partial charge in [0.1, 0.15) is 0 Å². The van der Waals surface area contributed by atoms with E-state index >= 15 is 0 Å². The summed E-state index contributed by atoms with van der Waals surface area (Å²) in [5.41, 5.74) is 4.79. The molecule has 0 saturated carbocycles. The van der Waals surface area contributed by atoms with Crippen LogP contribution in [0.15, 0.2) is 33.9 Å². The van der Waals surface area contributed by atoms with Gasteiger partial charge in [-0.05, 0) is 68.1 Å².